The Labute approximate surface area is 170 Å². The molecule has 28 heavy (non-hydrogen) atoms. The number of amides is 1. The average molecular weight is 395 g/mol. The number of pyridine rings is 1. The SMILES string of the molecule is CCCCN(C)CCC(=O)Nc1cccc(-c2csc(-c3ccncc3)n2)c1. The molecule has 1 amide bonds. The van der Waals surface area contributed by atoms with Crippen LogP contribution in [0.5, 0.6) is 0 Å². The summed E-state index contributed by atoms with van der Waals surface area (Å²) < 4.78 is 0. The fraction of sp³-hybridized carbons (Fsp3) is 0.318. The molecule has 0 saturated heterocycles. The minimum atomic E-state index is 0.0382. The van der Waals surface area contributed by atoms with E-state index in [1.165, 1.54) is 6.42 Å². The number of benzene rings is 1. The minimum Gasteiger partial charge on any atom is -0.326 e. The van der Waals surface area contributed by atoms with Crippen LogP contribution in [0.2, 0.25) is 0 Å². The first-order chi connectivity index (χ1) is 13.7. The van der Waals surface area contributed by atoms with Crippen molar-refractivity contribution < 1.29 is 4.79 Å². The smallest absolute Gasteiger partial charge is 0.225 e. The fourth-order valence-electron chi connectivity index (χ4n) is 2.85. The molecule has 0 spiro atoms. The van der Waals surface area contributed by atoms with Gasteiger partial charge in [-0.05, 0) is 44.3 Å². The van der Waals surface area contributed by atoms with Crippen molar-refractivity contribution in [1.29, 1.82) is 0 Å². The van der Waals surface area contributed by atoms with E-state index in [0.29, 0.717) is 6.42 Å². The molecule has 3 aromatic rings. The van der Waals surface area contributed by atoms with E-state index in [4.69, 9.17) is 4.98 Å². The normalized spacial score (nSPS) is 11.0. The van der Waals surface area contributed by atoms with Gasteiger partial charge in [0.1, 0.15) is 5.01 Å². The van der Waals surface area contributed by atoms with Crippen molar-refractivity contribution in [2.24, 2.45) is 0 Å². The number of unbranched alkanes of at least 4 members (excludes halogenated alkanes) is 1. The Morgan fingerprint density at radius 1 is 1.14 bits per heavy atom. The van der Waals surface area contributed by atoms with Gasteiger partial charge in [-0.2, -0.15) is 0 Å². The van der Waals surface area contributed by atoms with E-state index >= 15 is 0 Å². The Morgan fingerprint density at radius 3 is 2.75 bits per heavy atom. The van der Waals surface area contributed by atoms with Crippen LogP contribution in [-0.2, 0) is 4.79 Å². The summed E-state index contributed by atoms with van der Waals surface area (Å²) in [6, 6.07) is 11.8. The Kier molecular flexibility index (Phi) is 7.28. The largest absolute Gasteiger partial charge is 0.326 e. The number of nitrogens with one attached hydrogen (secondary N) is 1. The number of rotatable bonds is 9. The van der Waals surface area contributed by atoms with Crippen LogP contribution in [0.1, 0.15) is 26.2 Å². The predicted molar refractivity (Wildman–Crippen MR) is 116 cm³/mol. The van der Waals surface area contributed by atoms with Crippen LogP contribution in [0.25, 0.3) is 21.8 Å². The molecular formula is C22H26N4OS. The van der Waals surface area contributed by atoms with Crippen molar-refractivity contribution in [2.75, 3.05) is 25.5 Å². The molecule has 5 nitrogen and oxygen atoms in total. The van der Waals surface area contributed by atoms with Gasteiger partial charge in [-0.1, -0.05) is 25.5 Å². The van der Waals surface area contributed by atoms with Crippen LogP contribution in [0.15, 0.2) is 54.2 Å². The maximum Gasteiger partial charge on any atom is 0.225 e. The molecule has 0 aliphatic heterocycles. The van der Waals surface area contributed by atoms with Crippen molar-refractivity contribution in [1.82, 2.24) is 14.9 Å². The van der Waals surface area contributed by atoms with Gasteiger partial charge in [-0.25, -0.2) is 4.98 Å². The number of nitrogens with zero attached hydrogens (tertiary/aromatic N) is 3. The Hall–Kier alpha value is -2.57. The monoisotopic (exact) mass is 394 g/mol. The van der Waals surface area contributed by atoms with Crippen molar-refractivity contribution in [3.8, 4) is 21.8 Å². The van der Waals surface area contributed by atoms with E-state index in [1.807, 2.05) is 41.8 Å². The van der Waals surface area contributed by atoms with Gasteiger partial charge in [-0.15, -0.1) is 11.3 Å². The van der Waals surface area contributed by atoms with E-state index in [0.717, 1.165) is 47.0 Å². The third-order valence-corrected chi connectivity index (χ3v) is 5.38. The third-order valence-electron chi connectivity index (χ3n) is 4.49. The third kappa shape index (κ3) is 5.71. The number of hydrogen-bond donors (Lipinski definition) is 1. The van der Waals surface area contributed by atoms with Crippen LogP contribution in [0.4, 0.5) is 5.69 Å². The molecule has 0 fully saturated rings. The first-order valence-electron chi connectivity index (χ1n) is 9.60. The van der Waals surface area contributed by atoms with E-state index in [9.17, 15) is 4.79 Å². The van der Waals surface area contributed by atoms with Crippen molar-refractivity contribution in [3.05, 3.63) is 54.2 Å². The van der Waals surface area contributed by atoms with Gasteiger partial charge in [0.05, 0.1) is 5.69 Å². The predicted octanol–water partition coefficient (Wildman–Crippen LogP) is 4.93. The Balaban J connectivity index is 1.61. The van der Waals surface area contributed by atoms with Crippen LogP contribution in [0.3, 0.4) is 0 Å². The van der Waals surface area contributed by atoms with Gasteiger partial charge in [0.2, 0.25) is 5.91 Å². The molecule has 2 aromatic heterocycles. The molecule has 0 bridgehead atoms. The lowest BCUT2D eigenvalue weighted by atomic mass is 10.1. The topological polar surface area (TPSA) is 58.1 Å². The zero-order valence-corrected chi connectivity index (χ0v) is 17.2. The molecule has 0 radical (unpaired) electrons. The summed E-state index contributed by atoms with van der Waals surface area (Å²) in [5.41, 5.74) is 3.77. The second-order valence-corrected chi connectivity index (χ2v) is 7.67. The number of carbonyl (C=O) groups excluding carboxylic acids is 1. The number of hydrogen-bond acceptors (Lipinski definition) is 5. The van der Waals surface area contributed by atoms with E-state index in [-0.39, 0.29) is 5.91 Å². The van der Waals surface area contributed by atoms with Crippen molar-refractivity contribution in [3.63, 3.8) is 0 Å². The highest BCUT2D eigenvalue weighted by Crippen LogP contribution is 2.29. The summed E-state index contributed by atoms with van der Waals surface area (Å²) in [6.07, 6.45) is 6.37. The molecule has 146 valence electrons. The summed E-state index contributed by atoms with van der Waals surface area (Å²) in [5.74, 6) is 0.0382. The highest BCUT2D eigenvalue weighted by atomic mass is 32.1. The van der Waals surface area contributed by atoms with Crippen LogP contribution < -0.4 is 5.32 Å². The van der Waals surface area contributed by atoms with Gasteiger partial charge < -0.3 is 10.2 Å². The summed E-state index contributed by atoms with van der Waals surface area (Å²) in [4.78, 5) is 23.3. The molecule has 1 N–H and O–H groups in total. The fourth-order valence-corrected chi connectivity index (χ4v) is 3.68. The lowest BCUT2D eigenvalue weighted by Gasteiger charge is -2.15. The standard InChI is InChI=1S/C22H26N4OS/c1-3-4-13-26(2)14-10-21(27)24-19-7-5-6-18(15-19)20-16-28-22(25-20)17-8-11-23-12-9-17/h5-9,11-12,15-16H,3-4,10,13-14H2,1-2H3,(H,24,27). The second kappa shape index (κ2) is 10.1. The molecule has 1 aromatic carbocycles. The van der Waals surface area contributed by atoms with E-state index in [1.54, 1.807) is 23.7 Å². The van der Waals surface area contributed by atoms with E-state index < -0.39 is 0 Å². The number of thiazole rings is 1. The van der Waals surface area contributed by atoms with Crippen molar-refractivity contribution >= 4 is 22.9 Å². The number of carbonyl (C=O) groups is 1. The molecule has 0 unspecified atom stereocenters. The van der Waals surface area contributed by atoms with Gasteiger partial charge in [0.25, 0.3) is 0 Å². The quantitative estimate of drug-likeness (QED) is 0.559. The highest BCUT2D eigenvalue weighted by Gasteiger charge is 2.09. The Bertz CT molecular complexity index is 894. The lowest BCUT2D eigenvalue weighted by Crippen LogP contribution is -2.25. The summed E-state index contributed by atoms with van der Waals surface area (Å²) >= 11 is 1.60. The molecule has 0 aliphatic rings. The lowest BCUT2D eigenvalue weighted by molar-refractivity contribution is -0.116. The summed E-state index contributed by atoms with van der Waals surface area (Å²) in [6.45, 7) is 3.98. The molecule has 6 heteroatoms. The molecule has 0 saturated carbocycles. The maximum absolute atomic E-state index is 12.3. The molecular weight excluding hydrogens is 368 g/mol. The van der Waals surface area contributed by atoms with E-state index in [2.05, 4.69) is 29.2 Å². The highest BCUT2D eigenvalue weighted by molar-refractivity contribution is 7.13. The van der Waals surface area contributed by atoms with Gasteiger partial charge in [-0.3, -0.25) is 9.78 Å². The first-order valence-corrected chi connectivity index (χ1v) is 10.5. The number of anilines is 1. The summed E-state index contributed by atoms with van der Waals surface area (Å²) in [7, 11) is 2.06. The Morgan fingerprint density at radius 2 is 1.96 bits per heavy atom. The zero-order chi connectivity index (χ0) is 19.8. The van der Waals surface area contributed by atoms with Crippen molar-refractivity contribution in [2.45, 2.75) is 26.2 Å². The zero-order valence-electron chi connectivity index (χ0n) is 16.4. The maximum atomic E-state index is 12.3. The minimum absolute atomic E-state index is 0.0382. The molecule has 0 aliphatic carbocycles. The van der Waals surface area contributed by atoms with Gasteiger partial charge in [0.15, 0.2) is 0 Å². The first kappa shape index (κ1) is 20.2. The van der Waals surface area contributed by atoms with Crippen LogP contribution in [-0.4, -0.2) is 40.9 Å². The molecule has 0 atom stereocenters. The van der Waals surface area contributed by atoms with Gasteiger partial charge >= 0.3 is 0 Å². The summed E-state index contributed by atoms with van der Waals surface area (Å²) in [5, 5.41) is 6.00. The average Bonchev–Trinajstić information content (AvgIpc) is 3.22. The van der Waals surface area contributed by atoms with Crippen LogP contribution >= 0.6 is 11.3 Å². The van der Waals surface area contributed by atoms with Gasteiger partial charge in [0, 0.05) is 47.6 Å². The molecule has 2 heterocycles. The van der Waals surface area contributed by atoms with Crippen LogP contribution in [0, 0.1) is 0 Å². The molecule has 3 rings (SSSR count). The number of aromatic nitrogens is 2. The second-order valence-electron chi connectivity index (χ2n) is 6.81.